The number of hydrogen-bond acceptors (Lipinski definition) is 2. The maximum absolute atomic E-state index is 13.3. The van der Waals surface area contributed by atoms with E-state index < -0.39 is 5.82 Å². The summed E-state index contributed by atoms with van der Waals surface area (Å²) in [6, 6.07) is 1.44. The highest BCUT2D eigenvalue weighted by Gasteiger charge is 2.17. The molecule has 0 bridgehead atoms. The van der Waals surface area contributed by atoms with Crippen LogP contribution >= 0.6 is 0 Å². The first-order valence-corrected chi connectivity index (χ1v) is 5.12. The van der Waals surface area contributed by atoms with Gasteiger partial charge in [0.1, 0.15) is 0 Å². The first-order chi connectivity index (χ1) is 7.29. The topological polar surface area (TPSA) is 30.0 Å². The molecule has 1 heterocycles. The third-order valence-electron chi connectivity index (χ3n) is 2.60. The van der Waals surface area contributed by atoms with Crippen molar-refractivity contribution >= 4 is 5.78 Å². The van der Waals surface area contributed by atoms with E-state index in [4.69, 9.17) is 0 Å². The number of aromatic nitrogens is 1. The lowest BCUT2D eigenvalue weighted by atomic mass is 9.93. The quantitative estimate of drug-likeness (QED) is 0.695. The van der Waals surface area contributed by atoms with Crippen molar-refractivity contribution in [1.82, 2.24) is 4.98 Å². The lowest BCUT2D eigenvalue weighted by Crippen LogP contribution is -2.08. The van der Waals surface area contributed by atoms with Crippen LogP contribution in [0.4, 0.5) is 4.39 Å². The van der Waals surface area contributed by atoms with E-state index in [9.17, 15) is 9.18 Å². The summed E-state index contributed by atoms with van der Waals surface area (Å²) in [5, 5.41) is 0. The highest BCUT2D eigenvalue weighted by Crippen LogP contribution is 2.21. The van der Waals surface area contributed by atoms with Crippen molar-refractivity contribution in [3.05, 3.63) is 41.5 Å². The molecule has 2 rings (SSSR count). The number of carbonyl (C=O) groups excluding carboxylic acids is 1. The van der Waals surface area contributed by atoms with E-state index in [1.807, 2.05) is 6.08 Å². The molecule has 1 aromatic heterocycles. The number of pyridine rings is 1. The van der Waals surface area contributed by atoms with Crippen molar-refractivity contribution in [2.75, 3.05) is 0 Å². The van der Waals surface area contributed by atoms with Gasteiger partial charge in [-0.25, -0.2) is 4.39 Å². The number of ketones is 1. The average Bonchev–Trinajstić information content (AvgIpc) is 2.30. The van der Waals surface area contributed by atoms with Crippen LogP contribution in [-0.2, 0) is 0 Å². The molecular weight excluding hydrogens is 193 g/mol. The summed E-state index contributed by atoms with van der Waals surface area (Å²) in [4.78, 5) is 15.5. The third kappa shape index (κ3) is 2.12. The molecule has 0 amide bonds. The monoisotopic (exact) mass is 205 g/mol. The molecule has 0 radical (unpaired) electrons. The average molecular weight is 205 g/mol. The van der Waals surface area contributed by atoms with Gasteiger partial charge in [-0.05, 0) is 37.3 Å². The normalized spacial score (nSPS) is 15.9. The zero-order valence-corrected chi connectivity index (χ0v) is 8.37. The molecule has 15 heavy (non-hydrogen) atoms. The van der Waals surface area contributed by atoms with E-state index in [2.05, 4.69) is 4.98 Å². The Hall–Kier alpha value is -1.51. The number of Topliss-reactive ketones (excluding diaryl/α,β-unsaturated/α-hetero) is 1. The summed E-state index contributed by atoms with van der Waals surface area (Å²) in [6.45, 7) is 0. The van der Waals surface area contributed by atoms with Gasteiger partial charge in [-0.15, -0.1) is 0 Å². The predicted molar refractivity (Wildman–Crippen MR) is 55.1 cm³/mol. The Morgan fingerprint density at radius 1 is 1.40 bits per heavy atom. The van der Waals surface area contributed by atoms with E-state index in [0.29, 0.717) is 0 Å². The molecule has 1 aliphatic rings. The van der Waals surface area contributed by atoms with Crippen LogP contribution in [0.25, 0.3) is 0 Å². The van der Waals surface area contributed by atoms with Gasteiger partial charge in [0, 0.05) is 6.20 Å². The molecule has 78 valence electrons. The maximum Gasteiger partial charge on any atom is 0.191 e. The Labute approximate surface area is 87.8 Å². The highest BCUT2D eigenvalue weighted by molar-refractivity contribution is 6.08. The van der Waals surface area contributed by atoms with Crippen LogP contribution in [0.3, 0.4) is 0 Å². The smallest absolute Gasteiger partial charge is 0.191 e. The predicted octanol–water partition coefficient (Wildman–Crippen LogP) is 2.90. The fraction of sp³-hybridized carbons (Fsp3) is 0.333. The minimum absolute atomic E-state index is 0.137. The molecule has 0 aromatic carbocycles. The second-order valence-electron chi connectivity index (χ2n) is 3.66. The van der Waals surface area contributed by atoms with Gasteiger partial charge >= 0.3 is 0 Å². The number of halogens is 1. The van der Waals surface area contributed by atoms with Crippen LogP contribution in [0, 0.1) is 5.82 Å². The van der Waals surface area contributed by atoms with E-state index in [0.717, 1.165) is 37.5 Å². The molecular formula is C12H12FNO. The van der Waals surface area contributed by atoms with Crippen molar-refractivity contribution in [3.63, 3.8) is 0 Å². The zero-order valence-electron chi connectivity index (χ0n) is 8.37. The molecule has 0 fully saturated rings. The van der Waals surface area contributed by atoms with E-state index in [-0.39, 0.29) is 11.3 Å². The lowest BCUT2D eigenvalue weighted by Gasteiger charge is -2.11. The molecule has 0 unspecified atom stereocenters. The SMILES string of the molecule is O=C(C1=CCCCC1)c1ccncc1F. The summed E-state index contributed by atoms with van der Waals surface area (Å²) < 4.78 is 13.3. The fourth-order valence-corrected chi connectivity index (χ4v) is 1.78. The molecule has 0 atom stereocenters. The van der Waals surface area contributed by atoms with Crippen molar-refractivity contribution in [3.8, 4) is 0 Å². The van der Waals surface area contributed by atoms with Crippen molar-refractivity contribution < 1.29 is 9.18 Å². The summed E-state index contributed by atoms with van der Waals surface area (Å²) in [6.07, 6.45) is 8.27. The van der Waals surface area contributed by atoms with Gasteiger partial charge in [0.15, 0.2) is 11.6 Å². The Bertz CT molecular complexity index is 412. The molecule has 2 nitrogen and oxygen atoms in total. The molecule has 1 aromatic rings. The second-order valence-corrected chi connectivity index (χ2v) is 3.66. The van der Waals surface area contributed by atoms with Gasteiger partial charge in [0.05, 0.1) is 11.8 Å². The molecule has 0 aliphatic heterocycles. The van der Waals surface area contributed by atoms with Crippen molar-refractivity contribution in [2.24, 2.45) is 0 Å². The third-order valence-corrected chi connectivity index (χ3v) is 2.60. The Kier molecular flexibility index (Phi) is 2.90. The number of carbonyl (C=O) groups is 1. The van der Waals surface area contributed by atoms with E-state index in [1.165, 1.54) is 12.3 Å². The maximum atomic E-state index is 13.3. The first-order valence-electron chi connectivity index (χ1n) is 5.12. The molecule has 3 heteroatoms. The summed E-state index contributed by atoms with van der Waals surface area (Å²) in [5.41, 5.74) is 0.879. The minimum atomic E-state index is -0.533. The van der Waals surface area contributed by atoms with Crippen LogP contribution in [-0.4, -0.2) is 10.8 Å². The zero-order chi connectivity index (χ0) is 10.7. The molecule has 0 spiro atoms. The first kappa shape index (κ1) is 10.0. The van der Waals surface area contributed by atoms with Gasteiger partial charge in [-0.2, -0.15) is 0 Å². The summed E-state index contributed by atoms with van der Waals surface area (Å²) in [7, 11) is 0. The largest absolute Gasteiger partial charge is 0.289 e. The molecule has 1 aliphatic carbocycles. The summed E-state index contributed by atoms with van der Waals surface area (Å²) in [5.74, 6) is -0.719. The highest BCUT2D eigenvalue weighted by atomic mass is 19.1. The van der Waals surface area contributed by atoms with Gasteiger partial charge in [0.2, 0.25) is 0 Å². The van der Waals surface area contributed by atoms with Crippen molar-refractivity contribution in [1.29, 1.82) is 0 Å². The number of hydrogen-bond donors (Lipinski definition) is 0. The molecule has 0 saturated carbocycles. The van der Waals surface area contributed by atoms with E-state index in [1.54, 1.807) is 0 Å². The number of nitrogens with zero attached hydrogens (tertiary/aromatic N) is 1. The Balaban J connectivity index is 2.28. The summed E-state index contributed by atoms with van der Waals surface area (Å²) >= 11 is 0. The number of rotatable bonds is 2. The van der Waals surface area contributed by atoms with Crippen LogP contribution in [0.2, 0.25) is 0 Å². The van der Waals surface area contributed by atoms with Crippen LogP contribution < -0.4 is 0 Å². The van der Waals surface area contributed by atoms with Gasteiger partial charge in [-0.3, -0.25) is 9.78 Å². The Morgan fingerprint density at radius 2 is 2.27 bits per heavy atom. The molecule has 0 N–H and O–H groups in total. The standard InChI is InChI=1S/C12H12FNO/c13-11-8-14-7-6-10(11)12(15)9-4-2-1-3-5-9/h4,6-8H,1-3,5H2. The van der Waals surface area contributed by atoms with Crippen LogP contribution in [0.15, 0.2) is 30.1 Å². The van der Waals surface area contributed by atoms with E-state index >= 15 is 0 Å². The fourth-order valence-electron chi connectivity index (χ4n) is 1.78. The number of allylic oxidation sites excluding steroid dienone is 2. The van der Waals surface area contributed by atoms with Crippen molar-refractivity contribution in [2.45, 2.75) is 25.7 Å². The van der Waals surface area contributed by atoms with Gasteiger partial charge in [-0.1, -0.05) is 6.08 Å². The van der Waals surface area contributed by atoms with Gasteiger partial charge < -0.3 is 0 Å². The minimum Gasteiger partial charge on any atom is -0.289 e. The molecule has 0 saturated heterocycles. The van der Waals surface area contributed by atoms with Crippen LogP contribution in [0.5, 0.6) is 0 Å². The lowest BCUT2D eigenvalue weighted by molar-refractivity contribution is 0.102. The second kappa shape index (κ2) is 4.34. The van der Waals surface area contributed by atoms with Gasteiger partial charge in [0.25, 0.3) is 0 Å². The van der Waals surface area contributed by atoms with Crippen LogP contribution in [0.1, 0.15) is 36.0 Å². The Morgan fingerprint density at radius 3 is 2.93 bits per heavy atom.